The Morgan fingerprint density at radius 1 is 0.560 bits per heavy atom. The van der Waals surface area contributed by atoms with Gasteiger partial charge >= 0.3 is 0 Å². The van der Waals surface area contributed by atoms with Crippen LogP contribution >= 0.6 is 0 Å². The molecule has 0 bridgehead atoms. The van der Waals surface area contributed by atoms with Crippen LogP contribution in [0.5, 0.6) is 0 Å². The quantitative estimate of drug-likeness (QED) is 0.147. The third kappa shape index (κ3) is 6.40. The minimum Gasteiger partial charge on any atom is -0.456 e. The van der Waals surface area contributed by atoms with Crippen LogP contribution in [0.3, 0.4) is 0 Å². The molecule has 0 amide bonds. The number of fused-ring (bicyclic) bond motifs is 3. The molecule has 0 aliphatic heterocycles. The van der Waals surface area contributed by atoms with Gasteiger partial charge in [0.15, 0.2) is 5.82 Å². The van der Waals surface area contributed by atoms with Crippen LogP contribution in [0.15, 0.2) is 184 Å². The molecule has 0 saturated heterocycles. The fourth-order valence-corrected chi connectivity index (χ4v) is 6.10. The lowest BCUT2D eigenvalue weighted by atomic mass is 10.0. The first-order valence-corrected chi connectivity index (χ1v) is 16.5. The largest absolute Gasteiger partial charge is 0.456 e. The van der Waals surface area contributed by atoms with Crippen molar-refractivity contribution < 1.29 is 4.42 Å². The Morgan fingerprint density at radius 3 is 1.82 bits per heavy atom. The average molecular weight is 645 g/mol. The molecule has 5 nitrogen and oxygen atoms in total. The van der Waals surface area contributed by atoms with Gasteiger partial charge in [0.25, 0.3) is 0 Å². The summed E-state index contributed by atoms with van der Waals surface area (Å²) in [4.78, 5) is 19.5. The van der Waals surface area contributed by atoms with Crippen LogP contribution in [0.2, 0.25) is 0 Å². The average Bonchev–Trinajstić information content (AvgIpc) is 3.56. The maximum atomic E-state index is 6.31. The van der Waals surface area contributed by atoms with Crippen molar-refractivity contribution in [2.45, 2.75) is 6.54 Å². The third-order valence-corrected chi connectivity index (χ3v) is 8.68. The Bertz CT molecular complexity index is 2440. The molecule has 0 atom stereocenters. The zero-order valence-electron chi connectivity index (χ0n) is 27.3. The van der Waals surface area contributed by atoms with Crippen molar-refractivity contribution in [3.8, 4) is 33.9 Å². The van der Waals surface area contributed by atoms with E-state index in [0.29, 0.717) is 12.4 Å². The van der Waals surface area contributed by atoms with Gasteiger partial charge in [-0.3, -0.25) is 9.98 Å². The van der Waals surface area contributed by atoms with Crippen LogP contribution in [0.4, 0.5) is 0 Å². The number of nitrogens with zero attached hydrogens (tertiary/aromatic N) is 4. The Labute approximate surface area is 290 Å². The fourth-order valence-electron chi connectivity index (χ4n) is 6.10. The molecular formula is C45H32N4O. The minimum atomic E-state index is 0.557. The molecule has 0 fully saturated rings. The lowest BCUT2D eigenvalue weighted by Gasteiger charge is -2.09. The number of aromatic nitrogens is 2. The van der Waals surface area contributed by atoms with E-state index in [1.54, 1.807) is 0 Å². The van der Waals surface area contributed by atoms with E-state index < -0.39 is 0 Å². The SMILES string of the molecule is C=N/C(=C\C(=NCc1ccccc1)c1ccccc1)c1ccc2oc3ccc(-c4cc(-c5ccccc5)nc(-c5ccccc5)n4)cc3c2c1. The number of furan rings is 1. The number of allylic oxidation sites excluding steroid dienone is 1. The molecule has 238 valence electrons. The van der Waals surface area contributed by atoms with E-state index in [4.69, 9.17) is 19.4 Å². The summed E-state index contributed by atoms with van der Waals surface area (Å²) in [6, 6.07) is 55.2. The number of benzene rings is 6. The zero-order valence-corrected chi connectivity index (χ0v) is 27.3. The van der Waals surface area contributed by atoms with Gasteiger partial charge < -0.3 is 4.42 Å². The van der Waals surface area contributed by atoms with Gasteiger partial charge in [-0.2, -0.15) is 0 Å². The van der Waals surface area contributed by atoms with Crippen molar-refractivity contribution in [1.29, 1.82) is 0 Å². The molecule has 5 heteroatoms. The smallest absolute Gasteiger partial charge is 0.160 e. The van der Waals surface area contributed by atoms with E-state index >= 15 is 0 Å². The summed E-state index contributed by atoms with van der Waals surface area (Å²) in [5, 5.41) is 1.97. The number of hydrogen-bond acceptors (Lipinski definition) is 5. The molecule has 0 aliphatic rings. The molecule has 0 spiro atoms. The van der Waals surface area contributed by atoms with E-state index in [1.807, 2.05) is 109 Å². The predicted octanol–water partition coefficient (Wildman–Crippen LogP) is 11.1. The van der Waals surface area contributed by atoms with Gasteiger partial charge in [-0.1, -0.05) is 121 Å². The molecule has 0 unspecified atom stereocenters. The molecule has 50 heavy (non-hydrogen) atoms. The highest BCUT2D eigenvalue weighted by atomic mass is 16.3. The van der Waals surface area contributed by atoms with Crippen molar-refractivity contribution in [2.24, 2.45) is 9.98 Å². The summed E-state index contributed by atoms with van der Waals surface area (Å²) in [5.74, 6) is 0.677. The summed E-state index contributed by atoms with van der Waals surface area (Å²) in [7, 11) is 0. The predicted molar refractivity (Wildman–Crippen MR) is 206 cm³/mol. The number of hydrogen-bond donors (Lipinski definition) is 0. The van der Waals surface area contributed by atoms with E-state index in [1.165, 1.54) is 0 Å². The highest BCUT2D eigenvalue weighted by Crippen LogP contribution is 2.35. The molecule has 2 aromatic heterocycles. The Balaban J connectivity index is 1.22. The highest BCUT2D eigenvalue weighted by Gasteiger charge is 2.15. The Hall–Kier alpha value is -6.72. The summed E-state index contributed by atoms with van der Waals surface area (Å²) in [5.41, 5.74) is 10.9. The van der Waals surface area contributed by atoms with Gasteiger partial charge in [0.2, 0.25) is 0 Å². The van der Waals surface area contributed by atoms with Gasteiger partial charge in [-0.15, -0.1) is 0 Å². The number of rotatable bonds is 9. The first-order chi connectivity index (χ1) is 24.7. The topological polar surface area (TPSA) is 63.6 Å². The van der Waals surface area contributed by atoms with Gasteiger partial charge in [-0.05, 0) is 66.4 Å². The van der Waals surface area contributed by atoms with E-state index in [0.717, 1.165) is 78.1 Å². The van der Waals surface area contributed by atoms with Crippen molar-refractivity contribution in [1.82, 2.24) is 9.97 Å². The van der Waals surface area contributed by atoms with Crippen molar-refractivity contribution in [3.63, 3.8) is 0 Å². The summed E-state index contributed by atoms with van der Waals surface area (Å²) >= 11 is 0. The molecule has 0 radical (unpaired) electrons. The molecule has 6 aromatic carbocycles. The summed E-state index contributed by atoms with van der Waals surface area (Å²) < 4.78 is 6.31. The van der Waals surface area contributed by atoms with Crippen LogP contribution in [0.25, 0.3) is 61.5 Å². The van der Waals surface area contributed by atoms with E-state index in [-0.39, 0.29) is 0 Å². The monoisotopic (exact) mass is 644 g/mol. The Kier molecular flexibility index (Phi) is 8.44. The maximum Gasteiger partial charge on any atom is 0.160 e. The second-order valence-electron chi connectivity index (χ2n) is 12.0. The minimum absolute atomic E-state index is 0.557. The number of aliphatic imine (C=N–C) groups is 2. The van der Waals surface area contributed by atoms with Crippen LogP contribution in [0.1, 0.15) is 16.7 Å². The standard InChI is InChI=1S/C45H32N4O/c1-46-39(28-40(32-16-8-3-9-17-32)47-30-31-14-6-2-7-15-31)35-22-24-43-37(26-35)38-27-36(23-25-44(38)50-43)42-29-41(33-18-10-4-11-19-33)48-45(49-42)34-20-12-5-13-21-34/h2-29H,1,30H2/b39-28-,47-40?. The normalized spacial score (nSPS) is 12.0. The lowest BCUT2D eigenvalue weighted by molar-refractivity contribution is 0.669. The highest BCUT2D eigenvalue weighted by molar-refractivity contribution is 6.13. The Morgan fingerprint density at radius 2 is 1.14 bits per heavy atom. The second-order valence-corrected chi connectivity index (χ2v) is 12.0. The third-order valence-electron chi connectivity index (χ3n) is 8.68. The fraction of sp³-hybridized carbons (Fsp3) is 0.0222. The maximum absolute atomic E-state index is 6.31. The van der Waals surface area contributed by atoms with Gasteiger partial charge in [-0.25, -0.2) is 9.97 Å². The van der Waals surface area contributed by atoms with Crippen LogP contribution in [-0.2, 0) is 6.54 Å². The van der Waals surface area contributed by atoms with E-state index in [9.17, 15) is 0 Å². The van der Waals surface area contributed by atoms with Crippen LogP contribution < -0.4 is 0 Å². The van der Waals surface area contributed by atoms with Crippen molar-refractivity contribution in [3.05, 3.63) is 187 Å². The van der Waals surface area contributed by atoms with Crippen LogP contribution in [0, 0.1) is 0 Å². The van der Waals surface area contributed by atoms with E-state index in [2.05, 4.69) is 72.4 Å². The molecule has 0 aliphatic carbocycles. The molecule has 2 heterocycles. The summed E-state index contributed by atoms with van der Waals surface area (Å²) in [6.45, 7) is 4.50. The summed E-state index contributed by atoms with van der Waals surface area (Å²) in [6.07, 6.45) is 2.01. The first kappa shape index (κ1) is 30.6. The van der Waals surface area contributed by atoms with Crippen molar-refractivity contribution in [2.75, 3.05) is 0 Å². The molecule has 0 N–H and O–H groups in total. The van der Waals surface area contributed by atoms with Crippen LogP contribution in [-0.4, -0.2) is 22.4 Å². The lowest BCUT2D eigenvalue weighted by Crippen LogP contribution is -1.99. The second kappa shape index (κ2) is 13.8. The zero-order chi connectivity index (χ0) is 33.7. The molecule has 8 rings (SSSR count). The molecule has 8 aromatic rings. The molecule has 0 saturated carbocycles. The van der Waals surface area contributed by atoms with Gasteiger partial charge in [0, 0.05) is 33.0 Å². The molecular weight excluding hydrogens is 613 g/mol. The first-order valence-electron chi connectivity index (χ1n) is 16.5. The van der Waals surface area contributed by atoms with Crippen molar-refractivity contribution >= 4 is 40.1 Å². The van der Waals surface area contributed by atoms with Gasteiger partial charge in [0.05, 0.1) is 29.3 Å². The van der Waals surface area contributed by atoms with Gasteiger partial charge in [0.1, 0.15) is 11.2 Å².